The molecule has 4 rings (SSSR count). The Morgan fingerprint density at radius 3 is 2.83 bits per heavy atom. The topological polar surface area (TPSA) is 146 Å². The molecule has 0 spiro atoms. The number of rotatable bonds is 8. The van der Waals surface area contributed by atoms with Gasteiger partial charge in [0, 0.05) is 36.9 Å². The Morgan fingerprint density at radius 1 is 1.17 bits per heavy atom. The Balaban J connectivity index is 1.25. The van der Waals surface area contributed by atoms with E-state index in [0.717, 1.165) is 5.56 Å². The van der Waals surface area contributed by atoms with Crippen LogP contribution in [0.1, 0.15) is 23.9 Å². The molecule has 4 aromatic rings. The van der Waals surface area contributed by atoms with E-state index in [1.165, 1.54) is 11.8 Å². The van der Waals surface area contributed by atoms with Crippen molar-refractivity contribution in [2.24, 2.45) is 0 Å². The van der Waals surface area contributed by atoms with Gasteiger partial charge >= 0.3 is 0 Å². The van der Waals surface area contributed by atoms with E-state index < -0.39 is 0 Å². The van der Waals surface area contributed by atoms with Crippen LogP contribution in [0.25, 0.3) is 11.5 Å². The highest BCUT2D eigenvalue weighted by atomic mass is 32.2. The summed E-state index contributed by atoms with van der Waals surface area (Å²) in [5.74, 6) is 2.43. The second kappa shape index (κ2) is 8.65. The van der Waals surface area contributed by atoms with Crippen LogP contribution in [-0.2, 0) is 17.0 Å². The maximum Gasteiger partial charge on any atom is 0.277 e. The van der Waals surface area contributed by atoms with E-state index in [-0.39, 0.29) is 12.3 Å². The van der Waals surface area contributed by atoms with Crippen LogP contribution in [0.15, 0.2) is 49.3 Å². The van der Waals surface area contributed by atoms with E-state index in [2.05, 4.69) is 35.8 Å². The van der Waals surface area contributed by atoms with Gasteiger partial charge in [0.25, 0.3) is 5.22 Å². The molecule has 0 saturated heterocycles. The molecule has 0 atom stereocenters. The average Bonchev–Trinajstić information content (AvgIpc) is 3.47. The lowest BCUT2D eigenvalue weighted by Crippen LogP contribution is -2.12. The SMILES string of the molecule is Cc1cc(NC(=O)CCc2nc(CSc3nnc(-c4ccncc4)o3)no2)no1. The van der Waals surface area contributed by atoms with Gasteiger partial charge in [-0.3, -0.25) is 9.78 Å². The standard InChI is InChI=1S/C17H15N7O4S/c1-10-8-12(23-27-10)19-14(25)2-3-15-20-13(24-28-15)9-29-17-22-21-16(26-17)11-4-6-18-7-5-11/h4-8H,2-3,9H2,1H3,(H,19,23,25). The summed E-state index contributed by atoms with van der Waals surface area (Å²) >= 11 is 1.29. The zero-order chi connectivity index (χ0) is 20.1. The lowest BCUT2D eigenvalue weighted by molar-refractivity contribution is -0.116. The number of hydrogen-bond donors (Lipinski definition) is 1. The largest absolute Gasteiger partial charge is 0.411 e. The first-order valence-corrected chi connectivity index (χ1v) is 9.55. The number of carbonyl (C=O) groups excluding carboxylic acids is 1. The highest BCUT2D eigenvalue weighted by Crippen LogP contribution is 2.24. The van der Waals surface area contributed by atoms with Crippen molar-refractivity contribution in [1.29, 1.82) is 0 Å². The van der Waals surface area contributed by atoms with Crippen LogP contribution < -0.4 is 5.32 Å². The highest BCUT2D eigenvalue weighted by Gasteiger charge is 2.13. The Labute approximate surface area is 168 Å². The van der Waals surface area contributed by atoms with Crippen LogP contribution in [0.5, 0.6) is 0 Å². The number of hydrogen-bond acceptors (Lipinski definition) is 11. The molecule has 148 valence electrons. The fourth-order valence-corrected chi connectivity index (χ4v) is 2.91. The molecular weight excluding hydrogens is 398 g/mol. The van der Waals surface area contributed by atoms with Crippen LogP contribution in [0, 0.1) is 6.92 Å². The van der Waals surface area contributed by atoms with E-state index in [9.17, 15) is 4.79 Å². The summed E-state index contributed by atoms with van der Waals surface area (Å²) in [4.78, 5) is 20.1. The number of pyridine rings is 1. The lowest BCUT2D eigenvalue weighted by atomic mass is 10.3. The first-order chi connectivity index (χ1) is 14.2. The highest BCUT2D eigenvalue weighted by molar-refractivity contribution is 7.98. The van der Waals surface area contributed by atoms with Crippen molar-refractivity contribution in [3.8, 4) is 11.5 Å². The molecule has 29 heavy (non-hydrogen) atoms. The minimum absolute atomic E-state index is 0.180. The summed E-state index contributed by atoms with van der Waals surface area (Å²) in [7, 11) is 0. The number of carbonyl (C=O) groups is 1. The summed E-state index contributed by atoms with van der Waals surface area (Å²) < 4.78 is 15.7. The minimum atomic E-state index is -0.220. The molecule has 0 unspecified atom stereocenters. The van der Waals surface area contributed by atoms with Crippen molar-refractivity contribution in [3.63, 3.8) is 0 Å². The average molecular weight is 413 g/mol. The molecule has 1 amide bonds. The summed E-state index contributed by atoms with van der Waals surface area (Å²) in [6.45, 7) is 1.74. The molecule has 0 aromatic carbocycles. The summed E-state index contributed by atoms with van der Waals surface area (Å²) in [5.41, 5.74) is 0.792. The zero-order valence-corrected chi connectivity index (χ0v) is 16.0. The quantitative estimate of drug-likeness (QED) is 0.425. The number of amides is 1. The van der Waals surface area contributed by atoms with Gasteiger partial charge in [0.05, 0.1) is 5.75 Å². The van der Waals surface area contributed by atoms with Crippen LogP contribution in [0.3, 0.4) is 0 Å². The van der Waals surface area contributed by atoms with Crippen LogP contribution in [-0.4, -0.2) is 36.4 Å². The predicted molar refractivity (Wildman–Crippen MR) is 99.6 cm³/mol. The molecule has 12 heteroatoms. The number of anilines is 1. The van der Waals surface area contributed by atoms with E-state index >= 15 is 0 Å². The first-order valence-electron chi connectivity index (χ1n) is 8.57. The third-order valence-corrected chi connectivity index (χ3v) is 4.44. The number of aryl methyl sites for hydroxylation is 2. The number of nitrogens with zero attached hydrogens (tertiary/aromatic N) is 6. The second-order valence-corrected chi connectivity index (χ2v) is 6.80. The smallest absolute Gasteiger partial charge is 0.277 e. The molecular formula is C17H15N7O4S. The van der Waals surface area contributed by atoms with Crippen molar-refractivity contribution in [1.82, 2.24) is 30.5 Å². The Kier molecular flexibility index (Phi) is 5.61. The van der Waals surface area contributed by atoms with Crippen LogP contribution >= 0.6 is 11.8 Å². The molecule has 0 aliphatic carbocycles. The Hall–Kier alpha value is -3.54. The van der Waals surface area contributed by atoms with Crippen molar-refractivity contribution >= 4 is 23.5 Å². The second-order valence-electron chi connectivity index (χ2n) is 5.87. The molecule has 0 bridgehead atoms. The minimum Gasteiger partial charge on any atom is -0.411 e. The molecule has 0 aliphatic heterocycles. The Morgan fingerprint density at radius 2 is 2.03 bits per heavy atom. The number of thioether (sulfide) groups is 1. The molecule has 11 nitrogen and oxygen atoms in total. The van der Waals surface area contributed by atoms with Gasteiger partial charge in [-0.2, -0.15) is 4.98 Å². The van der Waals surface area contributed by atoms with Gasteiger partial charge in [-0.05, 0) is 19.1 Å². The first kappa shape index (κ1) is 18.8. The molecule has 4 heterocycles. The molecule has 0 aliphatic rings. The monoisotopic (exact) mass is 413 g/mol. The third kappa shape index (κ3) is 5.04. The van der Waals surface area contributed by atoms with E-state index in [1.54, 1.807) is 37.5 Å². The van der Waals surface area contributed by atoms with Crippen LogP contribution in [0.2, 0.25) is 0 Å². The maximum atomic E-state index is 11.9. The molecule has 1 N–H and O–H groups in total. The zero-order valence-electron chi connectivity index (χ0n) is 15.2. The summed E-state index contributed by atoms with van der Waals surface area (Å²) in [6, 6.07) is 5.21. The molecule has 0 fully saturated rings. The van der Waals surface area contributed by atoms with E-state index in [4.69, 9.17) is 13.5 Å². The van der Waals surface area contributed by atoms with E-state index in [0.29, 0.717) is 46.6 Å². The summed E-state index contributed by atoms with van der Waals surface area (Å²) in [5, 5.41) is 18.6. The van der Waals surface area contributed by atoms with Crippen molar-refractivity contribution in [3.05, 3.63) is 48.1 Å². The van der Waals surface area contributed by atoms with Gasteiger partial charge in [0.1, 0.15) is 5.76 Å². The van der Waals surface area contributed by atoms with Gasteiger partial charge < -0.3 is 18.8 Å². The maximum absolute atomic E-state index is 11.9. The van der Waals surface area contributed by atoms with Crippen molar-refractivity contribution in [2.45, 2.75) is 30.7 Å². The number of nitrogens with one attached hydrogen (secondary N) is 1. The van der Waals surface area contributed by atoms with Crippen molar-refractivity contribution in [2.75, 3.05) is 5.32 Å². The summed E-state index contributed by atoms with van der Waals surface area (Å²) in [6.07, 6.45) is 3.80. The van der Waals surface area contributed by atoms with Gasteiger partial charge in [0.2, 0.25) is 17.7 Å². The van der Waals surface area contributed by atoms with Gasteiger partial charge in [0.15, 0.2) is 11.6 Å². The predicted octanol–water partition coefficient (Wildman–Crippen LogP) is 2.67. The molecule has 4 aromatic heterocycles. The van der Waals surface area contributed by atoms with Gasteiger partial charge in [-0.25, -0.2) is 0 Å². The fourth-order valence-electron chi connectivity index (χ4n) is 2.31. The third-order valence-electron chi connectivity index (χ3n) is 3.63. The lowest BCUT2D eigenvalue weighted by Gasteiger charge is -1.98. The Bertz CT molecular complexity index is 1090. The normalized spacial score (nSPS) is 10.9. The fraction of sp³-hybridized carbons (Fsp3) is 0.235. The van der Waals surface area contributed by atoms with Gasteiger partial charge in [-0.15, -0.1) is 10.2 Å². The number of aromatic nitrogens is 6. The van der Waals surface area contributed by atoms with Crippen molar-refractivity contribution < 1.29 is 18.3 Å². The van der Waals surface area contributed by atoms with Gasteiger partial charge in [-0.1, -0.05) is 22.1 Å². The van der Waals surface area contributed by atoms with Crippen LogP contribution in [0.4, 0.5) is 5.82 Å². The molecule has 0 radical (unpaired) electrons. The van der Waals surface area contributed by atoms with E-state index in [1.807, 2.05) is 0 Å². The molecule has 0 saturated carbocycles.